The van der Waals surface area contributed by atoms with E-state index in [9.17, 15) is 9.00 Å². The largest absolute Gasteiger partial charge is 0.380 e. The smallest absolute Gasteiger partial charge is 0.251 e. The first kappa shape index (κ1) is 19.2. The molecule has 0 fully saturated rings. The molecule has 2 aromatic carbocycles. The van der Waals surface area contributed by atoms with Gasteiger partial charge in [0.05, 0.1) is 0 Å². The molecule has 134 valence electrons. The zero-order valence-electron chi connectivity index (χ0n) is 15.0. The van der Waals surface area contributed by atoms with Crippen molar-refractivity contribution < 1.29 is 9.00 Å². The normalized spacial score (nSPS) is 13.3. The average molecular weight is 359 g/mol. The van der Waals surface area contributed by atoms with E-state index in [0.29, 0.717) is 23.8 Å². The van der Waals surface area contributed by atoms with Gasteiger partial charge in [0.1, 0.15) is 0 Å². The first-order valence-electron chi connectivity index (χ1n) is 8.44. The highest BCUT2D eigenvalue weighted by atomic mass is 32.2. The molecule has 2 atom stereocenters. The number of nitrogens with one attached hydrogen (secondary N) is 2. The molecule has 4 nitrogen and oxygen atoms in total. The fraction of sp³-hybridized carbons (Fsp3) is 0.350. The van der Waals surface area contributed by atoms with Gasteiger partial charge in [-0.15, -0.1) is 0 Å². The summed E-state index contributed by atoms with van der Waals surface area (Å²) in [6.07, 6.45) is 1.66. The van der Waals surface area contributed by atoms with Gasteiger partial charge >= 0.3 is 0 Å². The number of anilines is 1. The number of benzene rings is 2. The van der Waals surface area contributed by atoms with Crippen molar-refractivity contribution in [1.82, 2.24) is 5.32 Å². The van der Waals surface area contributed by atoms with Gasteiger partial charge in [-0.05, 0) is 35.7 Å². The number of rotatable bonds is 8. The zero-order valence-corrected chi connectivity index (χ0v) is 15.8. The van der Waals surface area contributed by atoms with Crippen LogP contribution in [0.4, 0.5) is 5.69 Å². The topological polar surface area (TPSA) is 58.2 Å². The second-order valence-electron chi connectivity index (χ2n) is 6.49. The second-order valence-corrected chi connectivity index (χ2v) is 7.92. The Morgan fingerprint density at radius 1 is 1.08 bits per heavy atom. The van der Waals surface area contributed by atoms with Gasteiger partial charge in [-0.2, -0.15) is 0 Å². The van der Waals surface area contributed by atoms with E-state index in [-0.39, 0.29) is 11.9 Å². The van der Waals surface area contributed by atoms with Crippen LogP contribution in [0.5, 0.6) is 0 Å². The Bertz CT molecular complexity index is 717. The molecular formula is C20H26N2O2S. The molecule has 25 heavy (non-hydrogen) atoms. The monoisotopic (exact) mass is 358 g/mol. The summed E-state index contributed by atoms with van der Waals surface area (Å²) in [6.45, 7) is 4.79. The highest BCUT2D eigenvalue weighted by Crippen LogP contribution is 2.12. The molecule has 0 aromatic heterocycles. The maximum absolute atomic E-state index is 12.4. The SMILES string of the molecule is CC(C)C(CNC(=O)c1cccc(CS(C)=O)c1)Nc1ccccc1. The molecule has 0 aliphatic rings. The summed E-state index contributed by atoms with van der Waals surface area (Å²) < 4.78 is 11.4. The van der Waals surface area contributed by atoms with Gasteiger partial charge < -0.3 is 10.6 Å². The summed E-state index contributed by atoms with van der Waals surface area (Å²) >= 11 is 0. The zero-order chi connectivity index (χ0) is 18.2. The molecule has 0 saturated heterocycles. The van der Waals surface area contributed by atoms with Gasteiger partial charge in [0.2, 0.25) is 0 Å². The predicted octanol–water partition coefficient (Wildman–Crippen LogP) is 3.43. The summed E-state index contributed by atoms with van der Waals surface area (Å²) in [5, 5.41) is 6.47. The lowest BCUT2D eigenvalue weighted by Crippen LogP contribution is -2.39. The minimum Gasteiger partial charge on any atom is -0.380 e. The quantitative estimate of drug-likeness (QED) is 0.760. The van der Waals surface area contributed by atoms with Crippen LogP contribution < -0.4 is 10.6 Å². The maximum Gasteiger partial charge on any atom is 0.251 e. The van der Waals surface area contributed by atoms with E-state index >= 15 is 0 Å². The van der Waals surface area contributed by atoms with Crippen LogP contribution in [-0.4, -0.2) is 29.0 Å². The molecule has 0 bridgehead atoms. The van der Waals surface area contributed by atoms with E-state index in [1.54, 1.807) is 12.3 Å². The van der Waals surface area contributed by atoms with E-state index in [2.05, 4.69) is 24.5 Å². The Labute approximate surface area is 152 Å². The molecular weight excluding hydrogens is 332 g/mol. The van der Waals surface area contributed by atoms with Crippen LogP contribution in [-0.2, 0) is 16.6 Å². The molecule has 0 saturated carbocycles. The van der Waals surface area contributed by atoms with Crippen LogP contribution in [0.2, 0.25) is 0 Å². The third-order valence-electron chi connectivity index (χ3n) is 3.97. The van der Waals surface area contributed by atoms with Crippen LogP contribution in [0.25, 0.3) is 0 Å². The average Bonchev–Trinajstić information content (AvgIpc) is 2.58. The van der Waals surface area contributed by atoms with Gasteiger partial charge in [-0.3, -0.25) is 9.00 Å². The lowest BCUT2D eigenvalue weighted by molar-refractivity contribution is 0.0950. The number of para-hydroxylation sites is 1. The second kappa shape index (κ2) is 9.37. The van der Waals surface area contributed by atoms with Crippen molar-refractivity contribution in [2.75, 3.05) is 18.1 Å². The Morgan fingerprint density at radius 3 is 2.44 bits per heavy atom. The van der Waals surface area contributed by atoms with Crippen molar-refractivity contribution in [3.05, 3.63) is 65.7 Å². The molecule has 1 amide bonds. The van der Waals surface area contributed by atoms with E-state index in [1.165, 1.54) is 0 Å². The molecule has 2 rings (SSSR count). The number of carbonyl (C=O) groups excluding carboxylic acids is 1. The summed E-state index contributed by atoms with van der Waals surface area (Å²) in [6, 6.07) is 17.5. The highest BCUT2D eigenvalue weighted by molar-refractivity contribution is 7.83. The van der Waals surface area contributed by atoms with Crippen LogP contribution in [0.3, 0.4) is 0 Å². The van der Waals surface area contributed by atoms with Gasteiger partial charge in [-0.25, -0.2) is 0 Å². The molecule has 0 spiro atoms. The first-order chi connectivity index (χ1) is 12.0. The fourth-order valence-corrected chi connectivity index (χ4v) is 3.19. The molecule has 0 radical (unpaired) electrons. The van der Waals surface area contributed by atoms with Gasteiger partial charge in [0, 0.05) is 46.6 Å². The minimum absolute atomic E-state index is 0.107. The van der Waals surface area contributed by atoms with E-state index in [0.717, 1.165) is 11.3 Å². The first-order valence-corrected chi connectivity index (χ1v) is 10.2. The summed E-state index contributed by atoms with van der Waals surface area (Å²) in [5.41, 5.74) is 2.56. The Morgan fingerprint density at radius 2 is 1.80 bits per heavy atom. The Kier molecular flexibility index (Phi) is 7.19. The lowest BCUT2D eigenvalue weighted by atomic mass is 10.0. The van der Waals surface area contributed by atoms with Crippen molar-refractivity contribution in [1.29, 1.82) is 0 Å². The van der Waals surface area contributed by atoms with E-state index < -0.39 is 10.8 Å². The van der Waals surface area contributed by atoms with Crippen LogP contribution >= 0.6 is 0 Å². The molecule has 5 heteroatoms. The summed E-state index contributed by atoms with van der Waals surface area (Å²) in [4.78, 5) is 12.4. The summed E-state index contributed by atoms with van der Waals surface area (Å²) in [5.74, 6) is 0.726. The van der Waals surface area contributed by atoms with Crippen LogP contribution in [0.15, 0.2) is 54.6 Å². The number of hydrogen-bond acceptors (Lipinski definition) is 3. The van der Waals surface area contributed by atoms with Crippen molar-refractivity contribution in [3.63, 3.8) is 0 Å². The Hall–Kier alpha value is -2.14. The van der Waals surface area contributed by atoms with Crippen LogP contribution in [0, 0.1) is 5.92 Å². The third kappa shape index (κ3) is 6.35. The van der Waals surface area contributed by atoms with Crippen LogP contribution in [0.1, 0.15) is 29.8 Å². The lowest BCUT2D eigenvalue weighted by Gasteiger charge is -2.24. The van der Waals surface area contributed by atoms with Crippen molar-refractivity contribution in [2.24, 2.45) is 5.92 Å². The van der Waals surface area contributed by atoms with E-state index in [4.69, 9.17) is 0 Å². The fourth-order valence-electron chi connectivity index (χ4n) is 2.54. The van der Waals surface area contributed by atoms with Crippen molar-refractivity contribution in [2.45, 2.75) is 25.6 Å². The van der Waals surface area contributed by atoms with Crippen molar-refractivity contribution >= 4 is 22.4 Å². The minimum atomic E-state index is -0.920. The Balaban J connectivity index is 1.98. The maximum atomic E-state index is 12.4. The number of amides is 1. The number of carbonyl (C=O) groups is 1. The third-order valence-corrected chi connectivity index (χ3v) is 4.71. The van der Waals surface area contributed by atoms with Crippen molar-refractivity contribution in [3.8, 4) is 0 Å². The van der Waals surface area contributed by atoms with Gasteiger partial charge in [-0.1, -0.05) is 44.2 Å². The standard InChI is InChI=1S/C20H26N2O2S/c1-15(2)19(22-18-10-5-4-6-11-18)13-21-20(23)17-9-7-8-16(12-17)14-25(3)24/h4-12,15,19,22H,13-14H2,1-3H3,(H,21,23). The molecule has 2 N–H and O–H groups in total. The van der Waals surface area contributed by atoms with Gasteiger partial charge in [0.15, 0.2) is 0 Å². The highest BCUT2D eigenvalue weighted by Gasteiger charge is 2.15. The molecule has 0 aliphatic carbocycles. The number of hydrogen-bond donors (Lipinski definition) is 2. The molecule has 0 aliphatic heterocycles. The molecule has 0 heterocycles. The predicted molar refractivity (Wildman–Crippen MR) is 105 cm³/mol. The van der Waals surface area contributed by atoms with E-state index in [1.807, 2.05) is 48.5 Å². The molecule has 2 aromatic rings. The molecule has 2 unspecified atom stereocenters. The van der Waals surface area contributed by atoms with Gasteiger partial charge in [0.25, 0.3) is 5.91 Å². The summed E-state index contributed by atoms with van der Waals surface area (Å²) in [7, 11) is -0.920.